The van der Waals surface area contributed by atoms with Gasteiger partial charge in [-0.15, -0.1) is 0 Å². The first-order chi connectivity index (χ1) is 26.2. The van der Waals surface area contributed by atoms with Gasteiger partial charge in [0.15, 0.2) is 5.82 Å². The van der Waals surface area contributed by atoms with Gasteiger partial charge in [-0.05, 0) is 72.8 Å². The second-order valence-electron chi connectivity index (χ2n) is 13.1. The molecule has 7 nitrogen and oxygen atoms in total. The quantitative estimate of drug-likeness (QED) is 0.173. The van der Waals surface area contributed by atoms with E-state index in [0.29, 0.717) is 22.6 Å². The van der Waals surface area contributed by atoms with Crippen LogP contribution < -0.4 is 9.80 Å². The molecule has 53 heavy (non-hydrogen) atoms. The van der Waals surface area contributed by atoms with E-state index in [1.807, 2.05) is 72.8 Å². The van der Waals surface area contributed by atoms with Crippen molar-refractivity contribution in [1.82, 2.24) is 9.97 Å². The van der Waals surface area contributed by atoms with Crippen LogP contribution in [0.2, 0.25) is 0 Å². The predicted molar refractivity (Wildman–Crippen MR) is 213 cm³/mol. The van der Waals surface area contributed by atoms with Crippen molar-refractivity contribution in [1.29, 1.82) is 0 Å². The van der Waals surface area contributed by atoms with Crippen LogP contribution in [0.25, 0.3) is 66.1 Å². The van der Waals surface area contributed by atoms with Gasteiger partial charge in [0.25, 0.3) is 0 Å². The van der Waals surface area contributed by atoms with Crippen LogP contribution in [0.4, 0.5) is 34.3 Å². The summed E-state index contributed by atoms with van der Waals surface area (Å²) >= 11 is 0. The molecule has 7 aromatic carbocycles. The normalized spacial score (nSPS) is 11.8. The molecule has 0 saturated heterocycles. The second kappa shape index (κ2) is 11.6. The summed E-state index contributed by atoms with van der Waals surface area (Å²) in [6.07, 6.45) is 1.81. The van der Waals surface area contributed by atoms with E-state index in [1.165, 1.54) is 0 Å². The first-order valence-corrected chi connectivity index (χ1v) is 17.5. The van der Waals surface area contributed by atoms with E-state index in [-0.39, 0.29) is 0 Å². The SMILES string of the molecule is c1ccc(N(c2ccc3c(c2)oc2ccccc23)c2ccc3c(c2)oc2nc(N(c4ccccc4)c4ccc5c(c4)oc4ccccc45)cnc23)cc1. The highest BCUT2D eigenvalue weighted by Crippen LogP contribution is 2.42. The summed E-state index contributed by atoms with van der Waals surface area (Å²) in [5.41, 5.74) is 9.96. The molecule has 4 aromatic heterocycles. The van der Waals surface area contributed by atoms with Crippen molar-refractivity contribution >= 4 is 100 Å². The van der Waals surface area contributed by atoms with Crippen molar-refractivity contribution in [2.24, 2.45) is 0 Å². The molecule has 0 amide bonds. The third-order valence-corrected chi connectivity index (χ3v) is 9.91. The maximum Gasteiger partial charge on any atom is 0.248 e. The van der Waals surface area contributed by atoms with Gasteiger partial charge in [-0.1, -0.05) is 72.8 Å². The minimum atomic E-state index is 0.454. The Balaban J connectivity index is 1.03. The number of nitrogens with zero attached hydrogens (tertiary/aromatic N) is 4. The minimum Gasteiger partial charge on any atom is -0.456 e. The number of aromatic nitrogens is 2. The van der Waals surface area contributed by atoms with Gasteiger partial charge < -0.3 is 18.2 Å². The molecule has 0 atom stereocenters. The van der Waals surface area contributed by atoms with Crippen LogP contribution in [0.3, 0.4) is 0 Å². The minimum absolute atomic E-state index is 0.454. The number of para-hydroxylation sites is 4. The molecule has 11 aromatic rings. The standard InChI is InChI=1S/C46H28N4O3/c1-3-11-29(12-4-1)49(31-19-22-36-34-15-7-9-17-39(34)51-41(36)25-31)32-21-24-38-43(26-32)53-46-45(38)47-28-44(48-46)50(30-13-5-2-6-14-30)33-20-23-37-35-16-8-10-18-40(35)52-42(37)27-33/h1-28H. The molecule has 0 aliphatic rings. The summed E-state index contributed by atoms with van der Waals surface area (Å²) < 4.78 is 19.1. The number of rotatable bonds is 6. The van der Waals surface area contributed by atoms with E-state index in [4.69, 9.17) is 23.2 Å². The second-order valence-corrected chi connectivity index (χ2v) is 13.1. The van der Waals surface area contributed by atoms with Crippen LogP contribution in [-0.2, 0) is 0 Å². The van der Waals surface area contributed by atoms with E-state index in [9.17, 15) is 0 Å². The van der Waals surface area contributed by atoms with Gasteiger partial charge in [-0.3, -0.25) is 4.90 Å². The first kappa shape index (κ1) is 29.4. The fraction of sp³-hybridized carbons (Fsp3) is 0. The van der Waals surface area contributed by atoms with Crippen LogP contribution in [0.5, 0.6) is 0 Å². The number of furan rings is 3. The lowest BCUT2D eigenvalue weighted by molar-refractivity contribution is 0.653. The highest BCUT2D eigenvalue weighted by molar-refractivity contribution is 6.08. The lowest BCUT2D eigenvalue weighted by Crippen LogP contribution is -2.11. The number of hydrogen-bond acceptors (Lipinski definition) is 7. The molecule has 250 valence electrons. The first-order valence-electron chi connectivity index (χ1n) is 17.5. The molecule has 7 heteroatoms. The summed E-state index contributed by atoms with van der Waals surface area (Å²) in [5, 5.41) is 5.22. The zero-order chi connectivity index (χ0) is 34.9. The topological polar surface area (TPSA) is 71.7 Å². The third-order valence-electron chi connectivity index (χ3n) is 9.91. The molecule has 0 aliphatic heterocycles. The summed E-state index contributed by atoms with van der Waals surface area (Å²) in [7, 11) is 0. The Morgan fingerprint density at radius 2 is 0.811 bits per heavy atom. The number of fused-ring (bicyclic) bond motifs is 9. The Labute approximate surface area is 302 Å². The van der Waals surface area contributed by atoms with E-state index in [2.05, 4.69) is 101 Å². The van der Waals surface area contributed by atoms with Crippen molar-refractivity contribution in [2.45, 2.75) is 0 Å². The molecule has 0 unspecified atom stereocenters. The van der Waals surface area contributed by atoms with Crippen LogP contribution in [0.1, 0.15) is 0 Å². The Kier molecular flexibility index (Phi) is 6.42. The molecule has 0 N–H and O–H groups in total. The van der Waals surface area contributed by atoms with Crippen molar-refractivity contribution in [3.63, 3.8) is 0 Å². The number of anilines is 6. The molecule has 11 rings (SSSR count). The zero-order valence-corrected chi connectivity index (χ0v) is 28.2. The van der Waals surface area contributed by atoms with E-state index in [1.54, 1.807) is 6.20 Å². The van der Waals surface area contributed by atoms with Gasteiger partial charge in [0.05, 0.1) is 11.9 Å². The van der Waals surface area contributed by atoms with Crippen LogP contribution in [-0.4, -0.2) is 9.97 Å². The molecule has 0 bridgehead atoms. The van der Waals surface area contributed by atoms with Gasteiger partial charge in [0.2, 0.25) is 5.71 Å². The molecule has 0 aliphatic carbocycles. The number of benzene rings is 7. The zero-order valence-electron chi connectivity index (χ0n) is 28.2. The van der Waals surface area contributed by atoms with Gasteiger partial charge in [0.1, 0.15) is 33.4 Å². The van der Waals surface area contributed by atoms with E-state index in [0.717, 1.165) is 77.7 Å². The van der Waals surface area contributed by atoms with Gasteiger partial charge in [0, 0.05) is 67.9 Å². The molecule has 0 fully saturated rings. The third kappa shape index (κ3) is 4.75. The van der Waals surface area contributed by atoms with Crippen LogP contribution in [0.15, 0.2) is 183 Å². The average Bonchev–Trinajstić information content (AvgIpc) is 3.89. The summed E-state index contributed by atoms with van der Waals surface area (Å²) in [4.78, 5) is 14.3. The summed E-state index contributed by atoms with van der Waals surface area (Å²) in [6.45, 7) is 0. The fourth-order valence-corrected chi connectivity index (χ4v) is 7.48. The van der Waals surface area contributed by atoms with Gasteiger partial charge in [-0.25, -0.2) is 4.98 Å². The molecule has 0 spiro atoms. The summed E-state index contributed by atoms with van der Waals surface area (Å²) in [6, 6.07) is 55.5. The van der Waals surface area contributed by atoms with Crippen molar-refractivity contribution in [3.8, 4) is 0 Å². The predicted octanol–water partition coefficient (Wildman–Crippen LogP) is 13.1. The monoisotopic (exact) mass is 684 g/mol. The van der Waals surface area contributed by atoms with Crippen LogP contribution >= 0.6 is 0 Å². The average molecular weight is 685 g/mol. The van der Waals surface area contributed by atoms with Crippen molar-refractivity contribution in [2.75, 3.05) is 9.80 Å². The molecule has 4 heterocycles. The largest absolute Gasteiger partial charge is 0.456 e. The molecular weight excluding hydrogens is 657 g/mol. The number of hydrogen-bond donors (Lipinski definition) is 0. The molecule has 0 saturated carbocycles. The lowest BCUT2D eigenvalue weighted by Gasteiger charge is -2.25. The van der Waals surface area contributed by atoms with Crippen molar-refractivity contribution < 1.29 is 13.3 Å². The summed E-state index contributed by atoms with van der Waals surface area (Å²) in [5.74, 6) is 0.628. The van der Waals surface area contributed by atoms with E-state index >= 15 is 0 Å². The van der Waals surface area contributed by atoms with E-state index < -0.39 is 0 Å². The Hall–Kier alpha value is -7.38. The lowest BCUT2D eigenvalue weighted by atomic mass is 10.1. The van der Waals surface area contributed by atoms with Gasteiger partial charge >= 0.3 is 0 Å². The maximum absolute atomic E-state index is 6.53. The van der Waals surface area contributed by atoms with Crippen LogP contribution in [0, 0.1) is 0 Å². The smallest absolute Gasteiger partial charge is 0.248 e. The Morgan fingerprint density at radius 3 is 1.40 bits per heavy atom. The van der Waals surface area contributed by atoms with Crippen molar-refractivity contribution in [3.05, 3.63) is 170 Å². The fourth-order valence-electron chi connectivity index (χ4n) is 7.48. The highest BCUT2D eigenvalue weighted by atomic mass is 16.3. The Bertz CT molecular complexity index is 2930. The highest BCUT2D eigenvalue weighted by Gasteiger charge is 2.21. The maximum atomic E-state index is 6.53. The molecule has 0 radical (unpaired) electrons. The molecular formula is C46H28N4O3. The Morgan fingerprint density at radius 1 is 0.358 bits per heavy atom. The van der Waals surface area contributed by atoms with Gasteiger partial charge in [-0.2, -0.15) is 4.98 Å².